The van der Waals surface area contributed by atoms with Gasteiger partial charge in [0.1, 0.15) is 11.6 Å². The number of pyridine rings is 1. The molecular weight excluding hydrogens is 312 g/mol. The lowest BCUT2D eigenvalue weighted by Gasteiger charge is -2.12. The van der Waals surface area contributed by atoms with Crippen molar-refractivity contribution in [2.45, 2.75) is 34.6 Å². The molecule has 5 nitrogen and oxygen atoms in total. The minimum Gasteiger partial charge on any atom is -0.361 e. The van der Waals surface area contributed by atoms with Crippen molar-refractivity contribution in [1.29, 1.82) is 0 Å². The number of aromatic amines is 1. The van der Waals surface area contributed by atoms with Crippen molar-refractivity contribution in [3.05, 3.63) is 52.9 Å². The van der Waals surface area contributed by atoms with Crippen LogP contribution in [0.4, 0.5) is 0 Å². The van der Waals surface area contributed by atoms with Gasteiger partial charge in [-0.15, -0.1) is 0 Å². The van der Waals surface area contributed by atoms with Crippen LogP contribution in [0.5, 0.6) is 0 Å². The molecule has 3 heterocycles. The van der Waals surface area contributed by atoms with Crippen molar-refractivity contribution in [3.8, 4) is 22.3 Å². The lowest BCUT2D eigenvalue weighted by atomic mass is 9.93. The van der Waals surface area contributed by atoms with Crippen molar-refractivity contribution in [1.82, 2.24) is 20.1 Å². The predicted octanol–water partition coefficient (Wildman–Crippen LogP) is 4.82. The van der Waals surface area contributed by atoms with Gasteiger partial charge < -0.3 is 9.51 Å². The Morgan fingerprint density at radius 2 is 1.64 bits per heavy atom. The minimum absolute atomic E-state index is 0.821. The number of H-pyrrole nitrogens is 1. The molecule has 0 amide bonds. The lowest BCUT2D eigenvalue weighted by molar-refractivity contribution is 0.393. The summed E-state index contributed by atoms with van der Waals surface area (Å²) in [5.41, 5.74) is 9.57. The van der Waals surface area contributed by atoms with E-state index >= 15 is 0 Å². The molecular formula is C20H20N4O. The maximum absolute atomic E-state index is 5.37. The highest BCUT2D eigenvalue weighted by Gasteiger charge is 2.18. The highest BCUT2D eigenvalue weighted by atomic mass is 16.5. The first-order chi connectivity index (χ1) is 12.0. The number of rotatable bonds is 2. The Labute approximate surface area is 146 Å². The standard InChI is InChI=1S/C20H20N4O/c1-10-8-21-9-11(2)18(10)16-6-15(19-12(3)24-25-13(19)4)7-17-20(16)23-14(5)22-17/h6-9H,1-5H3,(H,22,23). The second-order valence-corrected chi connectivity index (χ2v) is 6.59. The third-order valence-electron chi connectivity index (χ3n) is 4.62. The van der Waals surface area contributed by atoms with E-state index < -0.39 is 0 Å². The van der Waals surface area contributed by atoms with E-state index in [9.17, 15) is 0 Å². The molecule has 0 spiro atoms. The number of nitrogens with one attached hydrogen (secondary N) is 1. The monoisotopic (exact) mass is 332 g/mol. The van der Waals surface area contributed by atoms with Crippen LogP contribution >= 0.6 is 0 Å². The molecule has 0 atom stereocenters. The molecule has 0 unspecified atom stereocenters. The fourth-order valence-corrected chi connectivity index (χ4v) is 3.60. The summed E-state index contributed by atoms with van der Waals surface area (Å²) in [4.78, 5) is 12.4. The van der Waals surface area contributed by atoms with Crippen LogP contribution < -0.4 is 0 Å². The van der Waals surface area contributed by atoms with Gasteiger partial charge in [-0.3, -0.25) is 4.98 Å². The van der Waals surface area contributed by atoms with Gasteiger partial charge in [0.15, 0.2) is 0 Å². The number of aromatic nitrogens is 4. The van der Waals surface area contributed by atoms with Gasteiger partial charge in [-0.25, -0.2) is 4.98 Å². The van der Waals surface area contributed by atoms with Crippen LogP contribution in [0.2, 0.25) is 0 Å². The highest BCUT2D eigenvalue weighted by Crippen LogP contribution is 2.37. The first-order valence-corrected chi connectivity index (χ1v) is 8.31. The number of fused-ring (bicyclic) bond motifs is 1. The lowest BCUT2D eigenvalue weighted by Crippen LogP contribution is -1.93. The summed E-state index contributed by atoms with van der Waals surface area (Å²) in [7, 11) is 0. The van der Waals surface area contributed by atoms with Crippen LogP contribution in [0.25, 0.3) is 33.3 Å². The third kappa shape index (κ3) is 2.43. The molecule has 0 bridgehead atoms. The highest BCUT2D eigenvalue weighted by molar-refractivity contribution is 5.97. The zero-order chi connectivity index (χ0) is 17.7. The molecule has 5 heteroatoms. The van der Waals surface area contributed by atoms with Crippen molar-refractivity contribution >= 4 is 11.0 Å². The molecule has 0 aliphatic heterocycles. The first-order valence-electron chi connectivity index (χ1n) is 8.31. The smallest absolute Gasteiger partial charge is 0.141 e. The average molecular weight is 332 g/mol. The number of nitrogens with zero attached hydrogens (tertiary/aromatic N) is 3. The molecule has 1 aromatic carbocycles. The Morgan fingerprint density at radius 3 is 2.28 bits per heavy atom. The van der Waals surface area contributed by atoms with Crippen LogP contribution in [-0.4, -0.2) is 20.1 Å². The van der Waals surface area contributed by atoms with Crippen molar-refractivity contribution < 1.29 is 4.52 Å². The Hall–Kier alpha value is -2.95. The van der Waals surface area contributed by atoms with E-state index in [2.05, 4.69) is 41.1 Å². The molecule has 0 radical (unpaired) electrons. The average Bonchev–Trinajstić information content (AvgIpc) is 3.08. The van der Waals surface area contributed by atoms with Gasteiger partial charge in [-0.2, -0.15) is 0 Å². The Bertz CT molecular complexity index is 1060. The fraction of sp³-hybridized carbons (Fsp3) is 0.250. The van der Waals surface area contributed by atoms with Crippen molar-refractivity contribution in [2.24, 2.45) is 0 Å². The molecule has 0 fully saturated rings. The summed E-state index contributed by atoms with van der Waals surface area (Å²) in [5.74, 6) is 1.72. The van der Waals surface area contributed by atoms with Gasteiger partial charge in [0.2, 0.25) is 0 Å². The second kappa shape index (κ2) is 5.55. The van der Waals surface area contributed by atoms with E-state index in [-0.39, 0.29) is 0 Å². The first kappa shape index (κ1) is 15.6. The molecule has 0 saturated carbocycles. The number of aryl methyl sites for hydroxylation is 5. The van der Waals surface area contributed by atoms with E-state index in [1.54, 1.807) is 0 Å². The maximum Gasteiger partial charge on any atom is 0.141 e. The van der Waals surface area contributed by atoms with E-state index in [1.165, 1.54) is 5.56 Å². The summed E-state index contributed by atoms with van der Waals surface area (Å²) in [6.45, 7) is 10.1. The molecule has 3 aromatic heterocycles. The normalized spacial score (nSPS) is 11.4. The van der Waals surface area contributed by atoms with Gasteiger partial charge in [-0.05, 0) is 69.0 Å². The zero-order valence-corrected chi connectivity index (χ0v) is 15.1. The summed E-state index contributed by atoms with van der Waals surface area (Å²) in [6.07, 6.45) is 3.80. The Morgan fingerprint density at radius 1 is 0.920 bits per heavy atom. The minimum atomic E-state index is 0.821. The molecule has 25 heavy (non-hydrogen) atoms. The predicted molar refractivity (Wildman–Crippen MR) is 98.5 cm³/mol. The zero-order valence-electron chi connectivity index (χ0n) is 15.1. The van der Waals surface area contributed by atoms with E-state index in [1.807, 2.05) is 33.2 Å². The van der Waals surface area contributed by atoms with E-state index in [0.717, 1.165) is 56.1 Å². The molecule has 0 aliphatic rings. The molecule has 4 rings (SSSR count). The summed E-state index contributed by atoms with van der Waals surface area (Å²) >= 11 is 0. The number of hydrogen-bond donors (Lipinski definition) is 1. The van der Waals surface area contributed by atoms with E-state index in [4.69, 9.17) is 9.51 Å². The largest absolute Gasteiger partial charge is 0.361 e. The second-order valence-electron chi connectivity index (χ2n) is 6.59. The van der Waals surface area contributed by atoms with Crippen molar-refractivity contribution in [2.75, 3.05) is 0 Å². The van der Waals surface area contributed by atoms with Gasteiger partial charge in [-0.1, -0.05) is 5.16 Å². The molecule has 1 N–H and O–H groups in total. The van der Waals surface area contributed by atoms with Crippen LogP contribution in [0.3, 0.4) is 0 Å². The molecule has 0 saturated heterocycles. The van der Waals surface area contributed by atoms with Crippen LogP contribution in [0, 0.1) is 34.6 Å². The maximum atomic E-state index is 5.37. The van der Waals surface area contributed by atoms with Crippen LogP contribution in [0.15, 0.2) is 29.0 Å². The van der Waals surface area contributed by atoms with Gasteiger partial charge >= 0.3 is 0 Å². The third-order valence-corrected chi connectivity index (χ3v) is 4.62. The number of hydrogen-bond acceptors (Lipinski definition) is 4. The molecule has 4 aromatic rings. The number of benzene rings is 1. The van der Waals surface area contributed by atoms with Crippen molar-refractivity contribution in [3.63, 3.8) is 0 Å². The summed E-state index contributed by atoms with van der Waals surface area (Å²) in [6, 6.07) is 4.31. The van der Waals surface area contributed by atoms with Crippen LogP contribution in [0.1, 0.15) is 28.4 Å². The fourth-order valence-electron chi connectivity index (χ4n) is 3.60. The Balaban J connectivity index is 2.10. The van der Waals surface area contributed by atoms with E-state index in [0.29, 0.717) is 0 Å². The van der Waals surface area contributed by atoms with Gasteiger partial charge in [0, 0.05) is 23.5 Å². The Kier molecular flexibility index (Phi) is 3.46. The summed E-state index contributed by atoms with van der Waals surface area (Å²) < 4.78 is 5.37. The van der Waals surface area contributed by atoms with Gasteiger partial charge in [0.25, 0.3) is 0 Å². The quantitative estimate of drug-likeness (QED) is 0.571. The SMILES string of the molecule is Cc1nc2c(-c3c(C)cncc3C)cc(-c3c(C)noc3C)cc2[nH]1. The molecule has 0 aliphatic carbocycles. The van der Waals surface area contributed by atoms with Crippen LogP contribution in [-0.2, 0) is 0 Å². The van der Waals surface area contributed by atoms with Gasteiger partial charge in [0.05, 0.1) is 16.7 Å². The topological polar surface area (TPSA) is 67.6 Å². The molecule has 126 valence electrons. The number of imidazole rings is 1. The summed E-state index contributed by atoms with van der Waals surface area (Å²) in [5, 5.41) is 4.10.